The molecule has 3 rings (SSSR count). The fourth-order valence-corrected chi connectivity index (χ4v) is 4.18. The molecule has 35 heavy (non-hydrogen) atoms. The summed E-state index contributed by atoms with van der Waals surface area (Å²) in [6.45, 7) is 9.00. The maximum absolute atomic E-state index is 14.5. The minimum absolute atomic E-state index is 0.192. The van der Waals surface area contributed by atoms with Crippen molar-refractivity contribution in [2.45, 2.75) is 64.9 Å². The molecule has 0 bridgehead atoms. The number of unbranched alkanes of at least 4 members (excludes halogenated alkanes) is 3. The van der Waals surface area contributed by atoms with E-state index in [2.05, 4.69) is 69.0 Å². The number of allylic oxidation sites excluding steroid dienone is 2. The first-order chi connectivity index (χ1) is 17.1. The van der Waals surface area contributed by atoms with Crippen molar-refractivity contribution in [3.05, 3.63) is 102 Å². The average Bonchev–Trinajstić information content (AvgIpc) is 2.87. The number of halogens is 1. The Labute approximate surface area is 211 Å². The minimum atomic E-state index is -0.192. The fraction of sp³-hybridized carbons (Fsp3) is 0.333. The number of hydrogen-bond donors (Lipinski definition) is 0. The molecule has 0 aliphatic rings. The third-order valence-electron chi connectivity index (χ3n) is 6.30. The summed E-state index contributed by atoms with van der Waals surface area (Å²) in [5.74, 6) is -0.192. The van der Waals surface area contributed by atoms with Gasteiger partial charge in [-0.25, -0.2) is 4.39 Å². The first-order valence-corrected chi connectivity index (χ1v) is 13.0. The second kappa shape index (κ2) is 14.4. The van der Waals surface area contributed by atoms with Gasteiger partial charge in [-0.15, -0.1) is 6.58 Å². The second-order valence-corrected chi connectivity index (χ2v) is 9.23. The van der Waals surface area contributed by atoms with Gasteiger partial charge >= 0.3 is 0 Å². The summed E-state index contributed by atoms with van der Waals surface area (Å²) in [6, 6.07) is 22.1. The standard InChI is InChI=1S/C33H39FO/c1-4-6-10-24-35-26(3)12-8-7-9-13-27-14-17-29(18-15-27)30-19-21-31(22-20-30)32-23-16-28(11-5-2)25-33(32)34/h5,9,13-23,25-26H,2,4,6-8,10-12,24H2,1,3H3. The highest BCUT2D eigenvalue weighted by atomic mass is 19.1. The van der Waals surface area contributed by atoms with Gasteiger partial charge in [-0.2, -0.15) is 0 Å². The number of ether oxygens (including phenoxy) is 1. The Morgan fingerprint density at radius 1 is 0.886 bits per heavy atom. The Balaban J connectivity index is 1.49. The van der Waals surface area contributed by atoms with Gasteiger partial charge in [0.15, 0.2) is 0 Å². The third kappa shape index (κ3) is 8.64. The molecule has 0 radical (unpaired) electrons. The molecule has 0 heterocycles. The molecule has 1 atom stereocenters. The van der Waals surface area contributed by atoms with Crippen LogP contribution in [0.1, 0.15) is 63.5 Å². The number of benzene rings is 3. The van der Waals surface area contributed by atoms with E-state index in [1.54, 1.807) is 12.1 Å². The summed E-state index contributed by atoms with van der Waals surface area (Å²) in [5, 5.41) is 0. The quantitative estimate of drug-likeness (QED) is 0.168. The minimum Gasteiger partial charge on any atom is -0.379 e. The van der Waals surface area contributed by atoms with E-state index in [0.29, 0.717) is 18.1 Å². The van der Waals surface area contributed by atoms with Gasteiger partial charge in [0.05, 0.1) is 6.10 Å². The van der Waals surface area contributed by atoms with Crippen LogP contribution in [0.25, 0.3) is 28.3 Å². The molecule has 0 aromatic heterocycles. The molecule has 3 aromatic carbocycles. The van der Waals surface area contributed by atoms with E-state index in [1.807, 2.05) is 24.3 Å². The highest BCUT2D eigenvalue weighted by Crippen LogP contribution is 2.28. The van der Waals surface area contributed by atoms with E-state index in [4.69, 9.17) is 4.74 Å². The zero-order chi connectivity index (χ0) is 24.9. The fourth-order valence-electron chi connectivity index (χ4n) is 4.18. The Bertz CT molecular complexity index is 1060. The van der Waals surface area contributed by atoms with Crippen LogP contribution in [0.2, 0.25) is 0 Å². The van der Waals surface area contributed by atoms with Gasteiger partial charge in [0.2, 0.25) is 0 Å². The van der Waals surface area contributed by atoms with Gasteiger partial charge in [0.25, 0.3) is 0 Å². The van der Waals surface area contributed by atoms with E-state index in [1.165, 1.54) is 24.8 Å². The van der Waals surface area contributed by atoms with Crippen LogP contribution >= 0.6 is 0 Å². The van der Waals surface area contributed by atoms with Crippen molar-refractivity contribution in [1.82, 2.24) is 0 Å². The summed E-state index contributed by atoms with van der Waals surface area (Å²) < 4.78 is 20.4. The SMILES string of the molecule is C=CCc1ccc(-c2ccc(-c3ccc(C=CCCCC(C)OCCCCC)cc3)cc2)c(F)c1. The molecule has 0 amide bonds. The number of hydrogen-bond acceptors (Lipinski definition) is 1. The molecule has 0 spiro atoms. The van der Waals surface area contributed by atoms with Crippen LogP contribution in [-0.2, 0) is 11.2 Å². The molecule has 1 nitrogen and oxygen atoms in total. The Morgan fingerprint density at radius 2 is 1.57 bits per heavy atom. The molecule has 3 aromatic rings. The molecular formula is C33H39FO. The molecule has 0 aliphatic heterocycles. The predicted octanol–water partition coefficient (Wildman–Crippen LogP) is 9.67. The zero-order valence-corrected chi connectivity index (χ0v) is 21.3. The molecular weight excluding hydrogens is 431 g/mol. The lowest BCUT2D eigenvalue weighted by Gasteiger charge is -2.12. The Kier molecular flexibility index (Phi) is 11.0. The van der Waals surface area contributed by atoms with Gasteiger partial charge in [0, 0.05) is 12.2 Å². The van der Waals surface area contributed by atoms with Crippen LogP contribution in [-0.4, -0.2) is 12.7 Å². The van der Waals surface area contributed by atoms with E-state index in [9.17, 15) is 4.39 Å². The first kappa shape index (κ1) is 26.6. The monoisotopic (exact) mass is 470 g/mol. The maximum Gasteiger partial charge on any atom is 0.131 e. The lowest BCUT2D eigenvalue weighted by Crippen LogP contribution is -2.08. The second-order valence-electron chi connectivity index (χ2n) is 9.23. The molecule has 184 valence electrons. The molecule has 0 saturated heterocycles. The summed E-state index contributed by atoms with van der Waals surface area (Å²) in [4.78, 5) is 0. The Hall–Kier alpha value is -2.97. The van der Waals surface area contributed by atoms with Crippen LogP contribution < -0.4 is 0 Å². The largest absolute Gasteiger partial charge is 0.379 e. The van der Waals surface area contributed by atoms with Gasteiger partial charge in [-0.1, -0.05) is 98.7 Å². The van der Waals surface area contributed by atoms with Gasteiger partial charge in [-0.05, 0) is 72.9 Å². The van der Waals surface area contributed by atoms with Crippen molar-refractivity contribution < 1.29 is 9.13 Å². The van der Waals surface area contributed by atoms with Crippen molar-refractivity contribution in [1.29, 1.82) is 0 Å². The lowest BCUT2D eigenvalue weighted by molar-refractivity contribution is 0.0566. The van der Waals surface area contributed by atoms with Crippen molar-refractivity contribution in [3.63, 3.8) is 0 Å². The van der Waals surface area contributed by atoms with E-state index >= 15 is 0 Å². The molecule has 0 aliphatic carbocycles. The zero-order valence-electron chi connectivity index (χ0n) is 21.3. The van der Waals surface area contributed by atoms with Gasteiger partial charge in [0.1, 0.15) is 5.82 Å². The summed E-state index contributed by atoms with van der Waals surface area (Å²) in [6.07, 6.45) is 14.2. The molecule has 0 fully saturated rings. The highest BCUT2D eigenvalue weighted by Gasteiger charge is 2.07. The van der Waals surface area contributed by atoms with Gasteiger partial charge < -0.3 is 4.74 Å². The predicted molar refractivity (Wildman–Crippen MR) is 149 cm³/mol. The van der Waals surface area contributed by atoms with Crippen LogP contribution in [0.4, 0.5) is 4.39 Å². The first-order valence-electron chi connectivity index (χ1n) is 13.0. The molecule has 0 N–H and O–H groups in total. The van der Waals surface area contributed by atoms with Crippen molar-refractivity contribution >= 4 is 6.08 Å². The topological polar surface area (TPSA) is 9.23 Å². The smallest absolute Gasteiger partial charge is 0.131 e. The molecule has 1 unspecified atom stereocenters. The Morgan fingerprint density at radius 3 is 2.23 bits per heavy atom. The van der Waals surface area contributed by atoms with Crippen LogP contribution in [0.5, 0.6) is 0 Å². The normalized spacial score (nSPS) is 12.2. The summed E-state index contributed by atoms with van der Waals surface area (Å²) in [5.41, 5.74) is 5.94. The van der Waals surface area contributed by atoms with Crippen molar-refractivity contribution in [2.75, 3.05) is 6.61 Å². The van der Waals surface area contributed by atoms with E-state index in [0.717, 1.165) is 48.1 Å². The van der Waals surface area contributed by atoms with Crippen molar-refractivity contribution in [3.8, 4) is 22.3 Å². The van der Waals surface area contributed by atoms with E-state index in [-0.39, 0.29) is 5.82 Å². The third-order valence-corrected chi connectivity index (χ3v) is 6.30. The van der Waals surface area contributed by atoms with E-state index < -0.39 is 0 Å². The van der Waals surface area contributed by atoms with Crippen LogP contribution in [0.15, 0.2) is 85.5 Å². The summed E-state index contributed by atoms with van der Waals surface area (Å²) in [7, 11) is 0. The van der Waals surface area contributed by atoms with Crippen molar-refractivity contribution in [2.24, 2.45) is 0 Å². The maximum atomic E-state index is 14.5. The lowest BCUT2D eigenvalue weighted by atomic mass is 9.98. The van der Waals surface area contributed by atoms with Gasteiger partial charge in [-0.3, -0.25) is 0 Å². The number of rotatable bonds is 14. The summed E-state index contributed by atoms with van der Waals surface area (Å²) >= 11 is 0. The molecule has 0 saturated carbocycles. The highest BCUT2D eigenvalue weighted by molar-refractivity contribution is 5.71. The van der Waals surface area contributed by atoms with Crippen LogP contribution in [0, 0.1) is 5.82 Å². The average molecular weight is 471 g/mol. The molecule has 2 heteroatoms. The van der Waals surface area contributed by atoms with Crippen LogP contribution in [0.3, 0.4) is 0 Å².